The normalized spacial score (nSPS) is 18.0. The van der Waals surface area contributed by atoms with Gasteiger partial charge in [0.25, 0.3) is 0 Å². The van der Waals surface area contributed by atoms with Crippen molar-refractivity contribution in [2.24, 2.45) is 0 Å². The number of hydrogen-bond acceptors (Lipinski definition) is 4. The first-order valence-corrected chi connectivity index (χ1v) is 7.93. The number of amides is 1. The molecule has 1 amide bonds. The van der Waals surface area contributed by atoms with Crippen LogP contribution in [0, 0.1) is 0 Å². The number of methoxy groups -OCH3 is 1. The summed E-state index contributed by atoms with van der Waals surface area (Å²) in [5.74, 6) is 1.65. The van der Waals surface area contributed by atoms with Crippen molar-refractivity contribution in [1.29, 1.82) is 0 Å². The van der Waals surface area contributed by atoms with E-state index in [1.54, 1.807) is 13.4 Å². The first kappa shape index (κ1) is 15.6. The standard InChI is InChI=1S/C18H22N2O3/c1-22-15-6-2-5-14(11-15)17-8-3-9-20(17)13-18(21)19-12-16-7-4-10-23-16/h2,4-7,10-11,17H,3,8-9,12-13H2,1H3,(H,19,21). The average Bonchev–Trinajstić information content (AvgIpc) is 3.24. The summed E-state index contributed by atoms with van der Waals surface area (Å²) in [6, 6.07) is 12.1. The lowest BCUT2D eigenvalue weighted by Gasteiger charge is -2.24. The Hall–Kier alpha value is -2.27. The SMILES string of the molecule is COc1cccc(C2CCCN2CC(=O)NCc2ccco2)c1. The third-order valence-electron chi connectivity index (χ3n) is 4.23. The summed E-state index contributed by atoms with van der Waals surface area (Å²) in [5.41, 5.74) is 1.21. The molecule has 5 nitrogen and oxygen atoms in total. The van der Waals surface area contributed by atoms with Crippen LogP contribution in [0.1, 0.15) is 30.2 Å². The van der Waals surface area contributed by atoms with E-state index in [-0.39, 0.29) is 11.9 Å². The van der Waals surface area contributed by atoms with Gasteiger partial charge in [-0.05, 0) is 49.2 Å². The second-order valence-electron chi connectivity index (χ2n) is 5.76. The minimum atomic E-state index is 0.0243. The van der Waals surface area contributed by atoms with Gasteiger partial charge in [-0.25, -0.2) is 0 Å². The Morgan fingerprint density at radius 3 is 3.09 bits per heavy atom. The molecule has 0 saturated carbocycles. The van der Waals surface area contributed by atoms with Crippen LogP contribution in [-0.4, -0.2) is 31.0 Å². The number of nitrogens with zero attached hydrogens (tertiary/aromatic N) is 1. The molecule has 1 aliphatic heterocycles. The number of carbonyl (C=O) groups excluding carboxylic acids is 1. The zero-order chi connectivity index (χ0) is 16.1. The third-order valence-corrected chi connectivity index (χ3v) is 4.23. The Balaban J connectivity index is 1.58. The third kappa shape index (κ3) is 3.93. The zero-order valence-corrected chi connectivity index (χ0v) is 13.3. The fourth-order valence-electron chi connectivity index (χ4n) is 3.08. The molecule has 122 valence electrons. The molecule has 1 aromatic carbocycles. The number of benzene rings is 1. The van der Waals surface area contributed by atoms with Crippen LogP contribution in [0.2, 0.25) is 0 Å². The molecule has 0 aliphatic carbocycles. The smallest absolute Gasteiger partial charge is 0.234 e. The number of hydrogen-bond donors (Lipinski definition) is 1. The lowest BCUT2D eigenvalue weighted by molar-refractivity contribution is -0.122. The largest absolute Gasteiger partial charge is 0.497 e. The Kier molecular flexibility index (Phi) is 4.98. The van der Waals surface area contributed by atoms with E-state index in [0.29, 0.717) is 13.1 Å². The van der Waals surface area contributed by atoms with E-state index in [9.17, 15) is 4.79 Å². The first-order valence-electron chi connectivity index (χ1n) is 7.93. The van der Waals surface area contributed by atoms with E-state index in [2.05, 4.69) is 22.3 Å². The van der Waals surface area contributed by atoms with Crippen LogP contribution in [0.4, 0.5) is 0 Å². The first-order chi connectivity index (χ1) is 11.3. The van der Waals surface area contributed by atoms with E-state index in [1.165, 1.54) is 5.56 Å². The summed E-state index contributed by atoms with van der Waals surface area (Å²) in [4.78, 5) is 14.4. The Morgan fingerprint density at radius 1 is 1.39 bits per heavy atom. The van der Waals surface area contributed by atoms with Gasteiger partial charge >= 0.3 is 0 Å². The van der Waals surface area contributed by atoms with Crippen molar-refractivity contribution in [3.63, 3.8) is 0 Å². The molecule has 1 aromatic heterocycles. The predicted octanol–water partition coefficient (Wildman–Crippen LogP) is 2.74. The van der Waals surface area contributed by atoms with Crippen molar-refractivity contribution < 1.29 is 13.9 Å². The number of likely N-dealkylation sites (tertiary alicyclic amines) is 1. The predicted molar refractivity (Wildman–Crippen MR) is 87.1 cm³/mol. The fourth-order valence-corrected chi connectivity index (χ4v) is 3.08. The highest BCUT2D eigenvalue weighted by Crippen LogP contribution is 2.32. The van der Waals surface area contributed by atoms with Gasteiger partial charge in [-0.2, -0.15) is 0 Å². The molecule has 5 heteroatoms. The van der Waals surface area contributed by atoms with E-state index in [4.69, 9.17) is 9.15 Å². The molecule has 1 saturated heterocycles. The van der Waals surface area contributed by atoms with Crippen molar-refractivity contribution in [2.45, 2.75) is 25.4 Å². The summed E-state index contributed by atoms with van der Waals surface area (Å²) in [6.45, 7) is 1.78. The molecule has 23 heavy (non-hydrogen) atoms. The van der Waals surface area contributed by atoms with Crippen LogP contribution in [-0.2, 0) is 11.3 Å². The summed E-state index contributed by atoms with van der Waals surface area (Å²) in [7, 11) is 1.67. The summed E-state index contributed by atoms with van der Waals surface area (Å²) in [5, 5.41) is 2.91. The number of carbonyl (C=O) groups is 1. The zero-order valence-electron chi connectivity index (χ0n) is 13.3. The minimum Gasteiger partial charge on any atom is -0.497 e. The highest BCUT2D eigenvalue weighted by Gasteiger charge is 2.27. The molecule has 1 fully saturated rings. The summed E-state index contributed by atoms with van der Waals surface area (Å²) >= 11 is 0. The topological polar surface area (TPSA) is 54.7 Å². The van der Waals surface area contributed by atoms with E-state index in [0.717, 1.165) is 30.9 Å². The van der Waals surface area contributed by atoms with Crippen LogP contribution in [0.25, 0.3) is 0 Å². The second-order valence-corrected chi connectivity index (χ2v) is 5.76. The van der Waals surface area contributed by atoms with E-state index >= 15 is 0 Å². The van der Waals surface area contributed by atoms with Crippen LogP contribution < -0.4 is 10.1 Å². The number of nitrogens with one attached hydrogen (secondary N) is 1. The minimum absolute atomic E-state index is 0.0243. The van der Waals surface area contributed by atoms with Crippen molar-refractivity contribution in [2.75, 3.05) is 20.2 Å². The van der Waals surface area contributed by atoms with Crippen molar-refractivity contribution >= 4 is 5.91 Å². The second kappa shape index (κ2) is 7.33. The average molecular weight is 314 g/mol. The Bertz CT molecular complexity index is 639. The van der Waals surface area contributed by atoms with Crippen LogP contribution in [0.5, 0.6) is 5.75 Å². The Morgan fingerprint density at radius 2 is 2.30 bits per heavy atom. The number of rotatable bonds is 6. The highest BCUT2D eigenvalue weighted by molar-refractivity contribution is 5.78. The maximum atomic E-state index is 12.2. The van der Waals surface area contributed by atoms with Gasteiger partial charge < -0.3 is 14.5 Å². The van der Waals surface area contributed by atoms with E-state index < -0.39 is 0 Å². The molecular formula is C18H22N2O3. The molecule has 1 N–H and O–H groups in total. The van der Waals surface area contributed by atoms with Gasteiger partial charge in [0.05, 0.1) is 26.5 Å². The highest BCUT2D eigenvalue weighted by atomic mass is 16.5. The van der Waals surface area contributed by atoms with Gasteiger partial charge in [0.2, 0.25) is 5.91 Å². The lowest BCUT2D eigenvalue weighted by atomic mass is 10.0. The van der Waals surface area contributed by atoms with Crippen molar-refractivity contribution in [3.8, 4) is 5.75 Å². The molecule has 1 aliphatic rings. The molecule has 1 unspecified atom stereocenters. The summed E-state index contributed by atoms with van der Waals surface area (Å²) < 4.78 is 10.5. The van der Waals surface area contributed by atoms with Gasteiger partial charge in [0.1, 0.15) is 11.5 Å². The number of ether oxygens (including phenoxy) is 1. The van der Waals surface area contributed by atoms with Crippen LogP contribution in [0.15, 0.2) is 47.1 Å². The summed E-state index contributed by atoms with van der Waals surface area (Å²) in [6.07, 6.45) is 3.78. The van der Waals surface area contributed by atoms with Gasteiger partial charge in [-0.3, -0.25) is 9.69 Å². The maximum Gasteiger partial charge on any atom is 0.234 e. The van der Waals surface area contributed by atoms with Gasteiger partial charge in [0.15, 0.2) is 0 Å². The molecule has 0 bridgehead atoms. The molecule has 2 aromatic rings. The van der Waals surface area contributed by atoms with Gasteiger partial charge in [-0.1, -0.05) is 12.1 Å². The monoisotopic (exact) mass is 314 g/mol. The van der Waals surface area contributed by atoms with Gasteiger partial charge in [0, 0.05) is 6.04 Å². The molecular weight excluding hydrogens is 292 g/mol. The maximum absolute atomic E-state index is 12.2. The van der Waals surface area contributed by atoms with E-state index in [1.807, 2.05) is 24.3 Å². The molecule has 1 atom stereocenters. The lowest BCUT2D eigenvalue weighted by Crippen LogP contribution is -2.36. The fraction of sp³-hybridized carbons (Fsp3) is 0.389. The quantitative estimate of drug-likeness (QED) is 0.891. The van der Waals surface area contributed by atoms with Crippen LogP contribution in [0.3, 0.4) is 0 Å². The van der Waals surface area contributed by atoms with Crippen LogP contribution >= 0.6 is 0 Å². The van der Waals surface area contributed by atoms with Gasteiger partial charge in [-0.15, -0.1) is 0 Å². The van der Waals surface area contributed by atoms with Crippen molar-refractivity contribution in [3.05, 3.63) is 54.0 Å². The molecule has 0 radical (unpaired) electrons. The van der Waals surface area contributed by atoms with Crippen molar-refractivity contribution in [1.82, 2.24) is 10.2 Å². The number of furan rings is 1. The molecule has 3 rings (SSSR count). The Labute approximate surface area is 136 Å². The molecule has 2 heterocycles. The molecule has 0 spiro atoms.